The second kappa shape index (κ2) is 4.45. The van der Waals surface area contributed by atoms with E-state index >= 15 is 0 Å². The zero-order valence-electron chi connectivity index (χ0n) is 11.3. The SMILES string of the molecule is Cc1nc(NCC2(O)CCCC2)c2cnn(C)c2n1. The summed E-state index contributed by atoms with van der Waals surface area (Å²) >= 11 is 0. The van der Waals surface area contributed by atoms with Crippen molar-refractivity contribution >= 4 is 16.9 Å². The van der Waals surface area contributed by atoms with E-state index in [2.05, 4.69) is 20.4 Å². The van der Waals surface area contributed by atoms with Gasteiger partial charge in [0.05, 0.1) is 17.2 Å². The molecule has 0 atom stereocenters. The highest BCUT2D eigenvalue weighted by atomic mass is 16.3. The van der Waals surface area contributed by atoms with Crippen molar-refractivity contribution in [3.63, 3.8) is 0 Å². The number of aliphatic hydroxyl groups is 1. The van der Waals surface area contributed by atoms with Gasteiger partial charge in [-0.3, -0.25) is 4.68 Å². The molecule has 2 N–H and O–H groups in total. The Morgan fingerprint density at radius 2 is 2.11 bits per heavy atom. The fraction of sp³-hybridized carbons (Fsp3) is 0.615. The van der Waals surface area contributed by atoms with Gasteiger partial charge in [0.1, 0.15) is 11.6 Å². The van der Waals surface area contributed by atoms with Crippen molar-refractivity contribution in [3.8, 4) is 0 Å². The Morgan fingerprint density at radius 1 is 1.37 bits per heavy atom. The zero-order chi connectivity index (χ0) is 13.5. The summed E-state index contributed by atoms with van der Waals surface area (Å²) in [6.07, 6.45) is 5.68. The maximum atomic E-state index is 10.4. The molecule has 6 heteroatoms. The van der Waals surface area contributed by atoms with Crippen LogP contribution in [0.1, 0.15) is 31.5 Å². The summed E-state index contributed by atoms with van der Waals surface area (Å²) in [4.78, 5) is 8.80. The topological polar surface area (TPSA) is 75.9 Å². The molecule has 0 amide bonds. The molecule has 1 saturated carbocycles. The van der Waals surface area contributed by atoms with Gasteiger partial charge in [-0.05, 0) is 19.8 Å². The van der Waals surface area contributed by atoms with E-state index in [1.165, 1.54) is 0 Å². The van der Waals surface area contributed by atoms with Crippen molar-refractivity contribution in [2.45, 2.75) is 38.2 Å². The lowest BCUT2D eigenvalue weighted by atomic mass is 10.0. The number of nitrogens with one attached hydrogen (secondary N) is 1. The van der Waals surface area contributed by atoms with Crippen molar-refractivity contribution in [1.82, 2.24) is 19.7 Å². The van der Waals surface area contributed by atoms with E-state index in [1.807, 2.05) is 14.0 Å². The normalized spacial score (nSPS) is 18.1. The summed E-state index contributed by atoms with van der Waals surface area (Å²) in [5.74, 6) is 1.47. The second-order valence-electron chi connectivity index (χ2n) is 5.41. The monoisotopic (exact) mass is 261 g/mol. The molecule has 0 aromatic carbocycles. The van der Waals surface area contributed by atoms with Crippen LogP contribution in [0.4, 0.5) is 5.82 Å². The minimum atomic E-state index is -0.590. The molecule has 1 fully saturated rings. The van der Waals surface area contributed by atoms with Gasteiger partial charge >= 0.3 is 0 Å². The number of rotatable bonds is 3. The first-order valence-corrected chi connectivity index (χ1v) is 6.70. The molecule has 0 radical (unpaired) electrons. The zero-order valence-corrected chi connectivity index (χ0v) is 11.3. The summed E-state index contributed by atoms with van der Waals surface area (Å²) in [7, 11) is 1.86. The summed E-state index contributed by atoms with van der Waals surface area (Å²) < 4.78 is 1.74. The van der Waals surface area contributed by atoms with Gasteiger partial charge in [0, 0.05) is 13.6 Å². The van der Waals surface area contributed by atoms with Gasteiger partial charge in [-0.15, -0.1) is 0 Å². The molecule has 102 valence electrons. The van der Waals surface area contributed by atoms with Gasteiger partial charge in [-0.25, -0.2) is 9.97 Å². The number of hydrogen-bond acceptors (Lipinski definition) is 5. The predicted octanol–water partition coefficient (Wildman–Crippen LogP) is 1.39. The first-order chi connectivity index (χ1) is 9.07. The van der Waals surface area contributed by atoms with E-state index in [0.29, 0.717) is 12.4 Å². The van der Waals surface area contributed by atoms with Gasteiger partial charge in [0.25, 0.3) is 0 Å². The van der Waals surface area contributed by atoms with Crippen LogP contribution in [0, 0.1) is 6.92 Å². The van der Waals surface area contributed by atoms with Gasteiger partial charge in [0.15, 0.2) is 5.65 Å². The van der Waals surface area contributed by atoms with Crippen molar-refractivity contribution < 1.29 is 5.11 Å². The number of aromatic nitrogens is 4. The van der Waals surface area contributed by atoms with Crippen LogP contribution < -0.4 is 5.32 Å². The van der Waals surface area contributed by atoms with Gasteiger partial charge in [-0.1, -0.05) is 12.8 Å². The van der Waals surface area contributed by atoms with Crippen molar-refractivity contribution in [3.05, 3.63) is 12.0 Å². The highest BCUT2D eigenvalue weighted by molar-refractivity contribution is 5.86. The second-order valence-corrected chi connectivity index (χ2v) is 5.41. The van der Waals surface area contributed by atoms with E-state index in [1.54, 1.807) is 10.9 Å². The Balaban J connectivity index is 1.88. The highest BCUT2D eigenvalue weighted by Crippen LogP contribution is 2.30. The van der Waals surface area contributed by atoms with Crippen LogP contribution in [0.3, 0.4) is 0 Å². The van der Waals surface area contributed by atoms with Gasteiger partial charge < -0.3 is 10.4 Å². The average molecular weight is 261 g/mol. The smallest absolute Gasteiger partial charge is 0.163 e. The molecular formula is C13H19N5O. The summed E-state index contributed by atoms with van der Waals surface area (Å²) in [5, 5.41) is 18.7. The van der Waals surface area contributed by atoms with Crippen LogP contribution in [0.15, 0.2) is 6.20 Å². The molecule has 2 aromatic rings. The number of aryl methyl sites for hydroxylation is 2. The molecule has 1 aliphatic carbocycles. The third kappa shape index (κ3) is 2.28. The maximum Gasteiger partial charge on any atom is 0.163 e. The lowest BCUT2D eigenvalue weighted by molar-refractivity contribution is 0.0614. The standard InChI is InChI=1S/C13H19N5O/c1-9-16-11(10-7-15-18(2)12(10)17-9)14-8-13(19)5-3-4-6-13/h7,19H,3-6,8H2,1-2H3,(H,14,16,17). The number of anilines is 1. The molecule has 6 nitrogen and oxygen atoms in total. The van der Waals surface area contributed by atoms with Crippen molar-refractivity contribution in [2.75, 3.05) is 11.9 Å². The van der Waals surface area contributed by atoms with Crippen LogP contribution in [0.2, 0.25) is 0 Å². The summed E-state index contributed by atoms with van der Waals surface area (Å²) in [6, 6.07) is 0. The lowest BCUT2D eigenvalue weighted by Gasteiger charge is -2.22. The molecule has 0 aliphatic heterocycles. The molecule has 3 rings (SSSR count). The number of fused-ring (bicyclic) bond motifs is 1. The predicted molar refractivity (Wildman–Crippen MR) is 72.9 cm³/mol. The van der Waals surface area contributed by atoms with Gasteiger partial charge in [0.2, 0.25) is 0 Å². The lowest BCUT2D eigenvalue weighted by Crippen LogP contribution is -2.33. The molecule has 19 heavy (non-hydrogen) atoms. The third-order valence-electron chi connectivity index (χ3n) is 3.82. The van der Waals surface area contributed by atoms with E-state index in [4.69, 9.17) is 0 Å². The molecule has 2 aromatic heterocycles. The van der Waals surface area contributed by atoms with Crippen LogP contribution in [-0.4, -0.2) is 37.0 Å². The quantitative estimate of drug-likeness (QED) is 0.873. The third-order valence-corrected chi connectivity index (χ3v) is 3.82. The van der Waals surface area contributed by atoms with Crippen LogP contribution in [0.25, 0.3) is 11.0 Å². The first-order valence-electron chi connectivity index (χ1n) is 6.70. The fourth-order valence-electron chi connectivity index (χ4n) is 2.72. The number of nitrogens with zero attached hydrogens (tertiary/aromatic N) is 4. The minimum absolute atomic E-state index is 0.535. The molecule has 2 heterocycles. The summed E-state index contributed by atoms with van der Waals surface area (Å²) in [6.45, 7) is 2.40. The average Bonchev–Trinajstić information content (AvgIpc) is 2.95. The fourth-order valence-corrected chi connectivity index (χ4v) is 2.72. The molecule has 0 saturated heterocycles. The first kappa shape index (κ1) is 12.3. The van der Waals surface area contributed by atoms with Crippen molar-refractivity contribution in [1.29, 1.82) is 0 Å². The Hall–Kier alpha value is -1.69. The van der Waals surface area contributed by atoms with Crippen molar-refractivity contribution in [2.24, 2.45) is 7.05 Å². The Morgan fingerprint density at radius 3 is 2.84 bits per heavy atom. The largest absolute Gasteiger partial charge is 0.388 e. The molecular weight excluding hydrogens is 242 g/mol. The number of hydrogen-bond donors (Lipinski definition) is 2. The Kier molecular flexibility index (Phi) is 2.89. The van der Waals surface area contributed by atoms with Gasteiger partial charge in [-0.2, -0.15) is 5.10 Å². The minimum Gasteiger partial charge on any atom is -0.388 e. The van der Waals surface area contributed by atoms with Crippen LogP contribution in [0.5, 0.6) is 0 Å². The summed E-state index contributed by atoms with van der Waals surface area (Å²) in [5.41, 5.74) is 0.223. The highest BCUT2D eigenvalue weighted by Gasteiger charge is 2.31. The Labute approximate surface area is 111 Å². The maximum absolute atomic E-state index is 10.4. The molecule has 0 bridgehead atoms. The van der Waals surface area contributed by atoms with E-state index in [0.717, 1.165) is 42.5 Å². The molecule has 0 unspecified atom stereocenters. The van der Waals surface area contributed by atoms with E-state index < -0.39 is 5.60 Å². The van der Waals surface area contributed by atoms with E-state index in [-0.39, 0.29) is 0 Å². The van der Waals surface area contributed by atoms with E-state index in [9.17, 15) is 5.11 Å². The van der Waals surface area contributed by atoms with Crippen LogP contribution >= 0.6 is 0 Å². The molecule has 0 spiro atoms. The Bertz CT molecular complexity index is 600. The molecule has 1 aliphatic rings. The van der Waals surface area contributed by atoms with Crippen LogP contribution in [-0.2, 0) is 7.05 Å².